The van der Waals surface area contributed by atoms with Crippen LogP contribution < -0.4 is 10.1 Å². The van der Waals surface area contributed by atoms with Gasteiger partial charge in [-0.3, -0.25) is 0 Å². The number of ether oxygens (including phenoxy) is 2. The molecule has 0 bridgehead atoms. The van der Waals surface area contributed by atoms with Crippen LogP contribution in [0, 0.1) is 0 Å². The minimum absolute atomic E-state index is 0.133. The highest BCUT2D eigenvalue weighted by Gasteiger charge is 2.10. The first-order valence-electron chi connectivity index (χ1n) is 5.86. The third-order valence-electron chi connectivity index (χ3n) is 2.73. The molecule has 0 aliphatic heterocycles. The fourth-order valence-corrected chi connectivity index (χ4v) is 1.83. The monoisotopic (exact) mass is 273 g/mol. The number of phenols is 1. The molecule has 0 heterocycles. The summed E-state index contributed by atoms with van der Waals surface area (Å²) in [5.41, 5.74) is 0.726. The average molecular weight is 274 g/mol. The molecule has 18 heavy (non-hydrogen) atoms. The second-order valence-corrected chi connectivity index (χ2v) is 4.62. The van der Waals surface area contributed by atoms with Gasteiger partial charge in [0.1, 0.15) is 0 Å². The van der Waals surface area contributed by atoms with Crippen LogP contribution in [0.4, 0.5) is 0 Å². The minimum atomic E-state index is 0.133. The summed E-state index contributed by atoms with van der Waals surface area (Å²) in [7, 11) is 3.18. The zero-order valence-electron chi connectivity index (χ0n) is 11.0. The van der Waals surface area contributed by atoms with Crippen LogP contribution in [0.15, 0.2) is 12.1 Å². The van der Waals surface area contributed by atoms with Gasteiger partial charge < -0.3 is 19.9 Å². The van der Waals surface area contributed by atoms with Crippen molar-refractivity contribution in [2.24, 2.45) is 0 Å². The van der Waals surface area contributed by atoms with Crippen LogP contribution in [0.5, 0.6) is 11.5 Å². The number of phenolic OH excluding ortho intramolecular Hbond substituents is 1. The lowest BCUT2D eigenvalue weighted by Gasteiger charge is -2.15. The zero-order valence-corrected chi connectivity index (χ0v) is 11.8. The Morgan fingerprint density at radius 2 is 2.11 bits per heavy atom. The number of nitrogens with one attached hydrogen (secondary N) is 1. The smallest absolute Gasteiger partial charge is 0.162 e. The molecule has 1 atom stereocenters. The van der Waals surface area contributed by atoms with E-state index in [9.17, 15) is 5.11 Å². The number of methoxy groups -OCH3 is 2. The van der Waals surface area contributed by atoms with Gasteiger partial charge in [0, 0.05) is 43.0 Å². The molecular weight excluding hydrogens is 254 g/mol. The molecule has 0 aromatic heterocycles. The fraction of sp³-hybridized carbons (Fsp3) is 0.538. The van der Waals surface area contributed by atoms with Crippen LogP contribution in [0.3, 0.4) is 0 Å². The molecule has 0 fully saturated rings. The Hall–Kier alpha value is -0.970. The summed E-state index contributed by atoms with van der Waals surface area (Å²) in [4.78, 5) is 0. The van der Waals surface area contributed by atoms with E-state index >= 15 is 0 Å². The molecular formula is C13H20ClNO3. The normalized spacial score (nSPS) is 12.4. The van der Waals surface area contributed by atoms with E-state index in [-0.39, 0.29) is 5.75 Å². The van der Waals surface area contributed by atoms with Crippen molar-refractivity contribution in [1.29, 1.82) is 0 Å². The number of halogens is 1. The quantitative estimate of drug-likeness (QED) is 0.802. The molecule has 4 nitrogen and oxygen atoms in total. The highest BCUT2D eigenvalue weighted by atomic mass is 35.5. The number of hydrogen-bond acceptors (Lipinski definition) is 4. The van der Waals surface area contributed by atoms with Crippen molar-refractivity contribution in [3.05, 3.63) is 22.7 Å². The summed E-state index contributed by atoms with van der Waals surface area (Å²) in [6.07, 6.45) is 0.912. The van der Waals surface area contributed by atoms with Crippen molar-refractivity contribution in [2.45, 2.75) is 25.9 Å². The van der Waals surface area contributed by atoms with Gasteiger partial charge in [-0.1, -0.05) is 11.6 Å². The molecule has 0 spiro atoms. The maximum atomic E-state index is 9.95. The second kappa shape index (κ2) is 7.46. The van der Waals surface area contributed by atoms with Crippen LogP contribution in [0.2, 0.25) is 5.02 Å². The molecule has 1 aromatic rings. The van der Waals surface area contributed by atoms with Crippen molar-refractivity contribution < 1.29 is 14.6 Å². The minimum Gasteiger partial charge on any atom is -0.504 e. The standard InChI is InChI=1S/C13H20ClNO3/c1-9(4-5-17-2)15-8-10-6-11(14)7-12(18-3)13(10)16/h6-7,9,15-16H,4-5,8H2,1-3H3. The lowest BCUT2D eigenvalue weighted by atomic mass is 10.1. The first-order valence-corrected chi connectivity index (χ1v) is 6.24. The fourth-order valence-electron chi connectivity index (χ4n) is 1.60. The third-order valence-corrected chi connectivity index (χ3v) is 2.95. The largest absolute Gasteiger partial charge is 0.504 e. The van der Waals surface area contributed by atoms with Crippen molar-refractivity contribution >= 4 is 11.6 Å². The van der Waals surface area contributed by atoms with Gasteiger partial charge >= 0.3 is 0 Å². The number of hydrogen-bond donors (Lipinski definition) is 2. The Morgan fingerprint density at radius 1 is 1.39 bits per heavy atom. The Bertz CT molecular complexity index is 385. The van der Waals surface area contributed by atoms with Gasteiger partial charge in [0.15, 0.2) is 11.5 Å². The van der Waals surface area contributed by atoms with Crippen molar-refractivity contribution in [3.63, 3.8) is 0 Å². The maximum absolute atomic E-state index is 9.95. The zero-order chi connectivity index (χ0) is 13.5. The summed E-state index contributed by atoms with van der Waals surface area (Å²) in [5, 5.41) is 13.8. The van der Waals surface area contributed by atoms with Crippen molar-refractivity contribution in [2.75, 3.05) is 20.8 Å². The van der Waals surface area contributed by atoms with E-state index in [1.807, 2.05) is 0 Å². The Balaban J connectivity index is 2.64. The van der Waals surface area contributed by atoms with Gasteiger partial charge in [-0.2, -0.15) is 0 Å². The molecule has 1 aromatic carbocycles. The number of benzene rings is 1. The van der Waals surface area contributed by atoms with Gasteiger partial charge in [0.05, 0.1) is 7.11 Å². The lowest BCUT2D eigenvalue weighted by molar-refractivity contribution is 0.184. The molecule has 1 rings (SSSR count). The predicted octanol–water partition coefficient (Wildman–Crippen LogP) is 2.57. The Labute approximate surface area is 113 Å². The summed E-state index contributed by atoms with van der Waals surface area (Å²) >= 11 is 5.96. The lowest BCUT2D eigenvalue weighted by Crippen LogP contribution is -2.26. The van der Waals surface area contributed by atoms with E-state index in [1.54, 1.807) is 19.2 Å². The summed E-state index contributed by atoms with van der Waals surface area (Å²) < 4.78 is 10.1. The number of rotatable bonds is 7. The van der Waals surface area contributed by atoms with Gasteiger partial charge in [0.25, 0.3) is 0 Å². The van der Waals surface area contributed by atoms with Crippen LogP contribution in [0.25, 0.3) is 0 Å². The summed E-state index contributed by atoms with van der Waals surface area (Å²) in [6, 6.07) is 3.62. The van der Waals surface area contributed by atoms with E-state index < -0.39 is 0 Å². The van der Waals surface area contributed by atoms with Crippen LogP contribution in [-0.2, 0) is 11.3 Å². The van der Waals surface area contributed by atoms with E-state index in [4.69, 9.17) is 21.1 Å². The highest BCUT2D eigenvalue weighted by molar-refractivity contribution is 6.30. The molecule has 0 radical (unpaired) electrons. The van der Waals surface area contributed by atoms with Crippen LogP contribution in [0.1, 0.15) is 18.9 Å². The topological polar surface area (TPSA) is 50.7 Å². The molecule has 0 saturated carbocycles. The van der Waals surface area contributed by atoms with E-state index in [1.165, 1.54) is 7.11 Å². The van der Waals surface area contributed by atoms with Gasteiger partial charge in [-0.05, 0) is 19.4 Å². The Kier molecular flexibility index (Phi) is 6.25. The molecule has 2 N–H and O–H groups in total. The average Bonchev–Trinajstić information content (AvgIpc) is 2.36. The Morgan fingerprint density at radius 3 is 2.72 bits per heavy atom. The van der Waals surface area contributed by atoms with E-state index in [0.717, 1.165) is 12.0 Å². The van der Waals surface area contributed by atoms with E-state index in [0.29, 0.717) is 30.0 Å². The molecule has 0 amide bonds. The summed E-state index contributed by atoms with van der Waals surface area (Å²) in [5.74, 6) is 0.525. The van der Waals surface area contributed by atoms with Gasteiger partial charge in [-0.15, -0.1) is 0 Å². The van der Waals surface area contributed by atoms with Crippen LogP contribution >= 0.6 is 11.6 Å². The number of aromatic hydroxyl groups is 1. The van der Waals surface area contributed by atoms with Gasteiger partial charge in [0.2, 0.25) is 0 Å². The SMILES string of the molecule is COCCC(C)NCc1cc(Cl)cc(OC)c1O. The summed E-state index contributed by atoms with van der Waals surface area (Å²) in [6.45, 7) is 3.31. The first-order chi connectivity index (χ1) is 8.58. The maximum Gasteiger partial charge on any atom is 0.162 e. The molecule has 0 aliphatic carbocycles. The third kappa shape index (κ3) is 4.37. The van der Waals surface area contributed by atoms with Crippen molar-refractivity contribution in [1.82, 2.24) is 5.32 Å². The highest BCUT2D eigenvalue weighted by Crippen LogP contribution is 2.33. The predicted molar refractivity (Wildman–Crippen MR) is 72.5 cm³/mol. The first kappa shape index (κ1) is 15.1. The molecule has 102 valence electrons. The van der Waals surface area contributed by atoms with E-state index in [2.05, 4.69) is 12.2 Å². The molecule has 0 saturated heterocycles. The molecule has 5 heteroatoms. The van der Waals surface area contributed by atoms with Gasteiger partial charge in [-0.25, -0.2) is 0 Å². The van der Waals surface area contributed by atoms with Crippen LogP contribution in [-0.4, -0.2) is 32.0 Å². The van der Waals surface area contributed by atoms with Crippen molar-refractivity contribution in [3.8, 4) is 11.5 Å². The second-order valence-electron chi connectivity index (χ2n) is 4.18. The molecule has 0 aliphatic rings. The molecule has 1 unspecified atom stereocenters.